The number of carbonyl (C=O) groups excluding carboxylic acids is 4. The quantitative estimate of drug-likeness (QED) is 0.399. The Hall–Kier alpha value is -3.13. The lowest BCUT2D eigenvalue weighted by Crippen LogP contribution is -2.35. The second-order valence-corrected chi connectivity index (χ2v) is 7.64. The Morgan fingerprint density at radius 2 is 1.83 bits per heavy atom. The van der Waals surface area contributed by atoms with Gasteiger partial charge in [-0.25, -0.2) is 0 Å². The van der Waals surface area contributed by atoms with Crippen molar-refractivity contribution < 1.29 is 28.3 Å². The molecule has 29 heavy (non-hydrogen) atoms. The fourth-order valence-corrected chi connectivity index (χ4v) is 3.47. The summed E-state index contributed by atoms with van der Waals surface area (Å²) in [6.07, 6.45) is 1.13. The molecule has 1 aliphatic rings. The minimum absolute atomic E-state index is 0.0234. The summed E-state index contributed by atoms with van der Waals surface area (Å²) in [6, 6.07) is 10.4. The number of nitrogens with zero attached hydrogens (tertiary/aromatic N) is 1. The standard InChI is InChI=1S/C21H19NO6S/c1-12(2)27-19(24)11-22-20(25)18(29-21(22)26)10-16-8-9-17(28-16)15-6-4-14(5-7-15)13(3)23/h4-10,12H,11H2,1-3H3/b18-10+. The van der Waals surface area contributed by atoms with E-state index in [4.69, 9.17) is 9.15 Å². The SMILES string of the molecule is CC(=O)c1ccc(-c2ccc(/C=C3/SC(=O)N(CC(=O)OC(C)C)C3=O)o2)cc1. The molecule has 2 heterocycles. The third-order valence-electron chi connectivity index (χ3n) is 4.00. The van der Waals surface area contributed by atoms with E-state index in [1.54, 1.807) is 50.2 Å². The first-order valence-electron chi connectivity index (χ1n) is 8.90. The Morgan fingerprint density at radius 3 is 2.45 bits per heavy atom. The predicted octanol–water partition coefficient (Wildman–Crippen LogP) is 4.14. The van der Waals surface area contributed by atoms with E-state index in [2.05, 4.69) is 0 Å². The minimum atomic E-state index is -0.641. The smallest absolute Gasteiger partial charge is 0.326 e. The number of imide groups is 1. The van der Waals surface area contributed by atoms with Crippen LogP contribution >= 0.6 is 11.8 Å². The maximum Gasteiger partial charge on any atom is 0.326 e. The van der Waals surface area contributed by atoms with Crippen LogP contribution in [-0.2, 0) is 14.3 Å². The van der Waals surface area contributed by atoms with Gasteiger partial charge >= 0.3 is 5.97 Å². The Kier molecular flexibility index (Phi) is 6.03. The summed E-state index contributed by atoms with van der Waals surface area (Å²) in [5.41, 5.74) is 1.38. The maximum absolute atomic E-state index is 12.5. The van der Waals surface area contributed by atoms with Gasteiger partial charge < -0.3 is 9.15 Å². The molecule has 0 atom stereocenters. The lowest BCUT2D eigenvalue weighted by molar-refractivity contribution is -0.149. The molecule has 0 unspecified atom stereocenters. The number of amides is 2. The molecule has 3 rings (SSSR count). The van der Waals surface area contributed by atoms with E-state index in [1.807, 2.05) is 0 Å². The van der Waals surface area contributed by atoms with E-state index in [0.29, 0.717) is 17.1 Å². The Labute approximate surface area is 171 Å². The van der Waals surface area contributed by atoms with Crippen molar-refractivity contribution in [1.29, 1.82) is 0 Å². The molecule has 0 aliphatic carbocycles. The molecule has 2 aromatic rings. The predicted molar refractivity (Wildman–Crippen MR) is 108 cm³/mol. The van der Waals surface area contributed by atoms with Gasteiger partial charge in [0.15, 0.2) is 5.78 Å². The monoisotopic (exact) mass is 413 g/mol. The Morgan fingerprint density at radius 1 is 1.14 bits per heavy atom. The zero-order chi connectivity index (χ0) is 21.1. The summed E-state index contributed by atoms with van der Waals surface area (Å²) in [6.45, 7) is 4.45. The van der Waals surface area contributed by atoms with Crippen molar-refractivity contribution in [2.24, 2.45) is 0 Å². The van der Waals surface area contributed by atoms with E-state index in [1.165, 1.54) is 13.0 Å². The van der Waals surface area contributed by atoms with Crippen LogP contribution < -0.4 is 0 Å². The number of ketones is 1. The number of benzene rings is 1. The van der Waals surface area contributed by atoms with Gasteiger partial charge in [0, 0.05) is 17.2 Å². The van der Waals surface area contributed by atoms with Crippen LogP contribution in [0.5, 0.6) is 0 Å². The molecule has 1 aromatic heterocycles. The number of hydrogen-bond donors (Lipinski definition) is 0. The van der Waals surface area contributed by atoms with Gasteiger partial charge in [-0.3, -0.25) is 24.1 Å². The van der Waals surface area contributed by atoms with Crippen LogP contribution in [0.25, 0.3) is 17.4 Å². The van der Waals surface area contributed by atoms with Crippen LogP contribution in [-0.4, -0.2) is 40.4 Å². The van der Waals surface area contributed by atoms with Gasteiger partial charge in [-0.2, -0.15) is 0 Å². The summed E-state index contributed by atoms with van der Waals surface area (Å²) >= 11 is 0.741. The maximum atomic E-state index is 12.5. The first-order chi connectivity index (χ1) is 13.7. The van der Waals surface area contributed by atoms with Crippen LogP contribution in [0.15, 0.2) is 45.7 Å². The van der Waals surface area contributed by atoms with Crippen molar-refractivity contribution in [1.82, 2.24) is 4.90 Å². The number of hydrogen-bond acceptors (Lipinski definition) is 7. The van der Waals surface area contributed by atoms with Crippen molar-refractivity contribution in [3.63, 3.8) is 0 Å². The second-order valence-electron chi connectivity index (χ2n) is 6.64. The van der Waals surface area contributed by atoms with Gasteiger partial charge in [0.05, 0.1) is 11.0 Å². The number of rotatable bonds is 6. The van der Waals surface area contributed by atoms with Crippen molar-refractivity contribution in [2.45, 2.75) is 26.9 Å². The molecule has 0 saturated carbocycles. The van der Waals surface area contributed by atoms with Gasteiger partial charge in [0.2, 0.25) is 0 Å². The summed E-state index contributed by atoms with van der Waals surface area (Å²) in [5, 5.41) is -0.534. The van der Waals surface area contributed by atoms with Gasteiger partial charge in [-0.05, 0) is 44.7 Å². The highest BCUT2D eigenvalue weighted by Crippen LogP contribution is 2.33. The first-order valence-corrected chi connectivity index (χ1v) is 9.72. The van der Waals surface area contributed by atoms with Crippen LogP contribution in [0.2, 0.25) is 0 Å². The molecule has 0 N–H and O–H groups in total. The van der Waals surface area contributed by atoms with Gasteiger partial charge in [-0.15, -0.1) is 0 Å². The average Bonchev–Trinajstić information content (AvgIpc) is 3.22. The first kappa shape index (κ1) is 20.6. The van der Waals surface area contributed by atoms with E-state index in [0.717, 1.165) is 22.2 Å². The summed E-state index contributed by atoms with van der Waals surface area (Å²) in [4.78, 5) is 48.7. The number of carbonyl (C=O) groups is 4. The molecular formula is C21H19NO6S. The van der Waals surface area contributed by atoms with E-state index in [9.17, 15) is 19.2 Å². The summed E-state index contributed by atoms with van der Waals surface area (Å²) in [7, 11) is 0. The zero-order valence-electron chi connectivity index (χ0n) is 16.1. The molecule has 2 amide bonds. The van der Waals surface area contributed by atoms with Gasteiger partial charge in [0.25, 0.3) is 11.1 Å². The van der Waals surface area contributed by atoms with E-state index >= 15 is 0 Å². The molecule has 0 bridgehead atoms. The molecule has 1 aliphatic heterocycles. The molecule has 1 aromatic carbocycles. The third-order valence-corrected chi connectivity index (χ3v) is 4.91. The topological polar surface area (TPSA) is 93.9 Å². The zero-order valence-corrected chi connectivity index (χ0v) is 16.9. The second kappa shape index (κ2) is 8.48. The van der Waals surface area contributed by atoms with Crippen molar-refractivity contribution in [2.75, 3.05) is 6.54 Å². The summed E-state index contributed by atoms with van der Waals surface area (Å²) < 4.78 is 10.7. The van der Waals surface area contributed by atoms with Crippen LogP contribution in [0, 0.1) is 0 Å². The highest BCUT2D eigenvalue weighted by atomic mass is 32.2. The molecule has 1 saturated heterocycles. The molecular weight excluding hydrogens is 394 g/mol. The van der Waals surface area contributed by atoms with Crippen molar-refractivity contribution in [3.05, 3.63) is 52.6 Å². The van der Waals surface area contributed by atoms with Gasteiger partial charge in [-0.1, -0.05) is 24.3 Å². The molecule has 0 spiro atoms. The van der Waals surface area contributed by atoms with Crippen molar-refractivity contribution >= 4 is 40.7 Å². The molecule has 1 fully saturated rings. The average molecular weight is 413 g/mol. The number of ether oxygens (including phenoxy) is 1. The number of Topliss-reactive ketones (excluding diaryl/α,β-unsaturated/α-hetero) is 1. The van der Waals surface area contributed by atoms with Crippen LogP contribution in [0.1, 0.15) is 36.9 Å². The number of esters is 1. The normalized spacial score (nSPS) is 15.4. The lowest BCUT2D eigenvalue weighted by atomic mass is 10.1. The molecule has 0 radical (unpaired) electrons. The van der Waals surface area contributed by atoms with Crippen molar-refractivity contribution in [3.8, 4) is 11.3 Å². The van der Waals surface area contributed by atoms with E-state index < -0.39 is 23.7 Å². The highest BCUT2D eigenvalue weighted by Gasteiger charge is 2.37. The van der Waals surface area contributed by atoms with E-state index in [-0.39, 0.29) is 16.8 Å². The Bertz CT molecular complexity index is 1000. The largest absolute Gasteiger partial charge is 0.462 e. The fourth-order valence-electron chi connectivity index (χ4n) is 2.65. The number of furan rings is 1. The summed E-state index contributed by atoms with van der Waals surface area (Å²) in [5.74, 6) is -0.274. The molecule has 7 nitrogen and oxygen atoms in total. The molecule has 8 heteroatoms. The molecule has 150 valence electrons. The highest BCUT2D eigenvalue weighted by molar-refractivity contribution is 8.18. The lowest BCUT2D eigenvalue weighted by Gasteiger charge is -2.13. The Balaban J connectivity index is 1.74. The third kappa shape index (κ3) is 4.83. The van der Waals surface area contributed by atoms with Crippen LogP contribution in [0.4, 0.5) is 4.79 Å². The minimum Gasteiger partial charge on any atom is -0.462 e. The van der Waals surface area contributed by atoms with Gasteiger partial charge in [0.1, 0.15) is 18.1 Å². The van der Waals surface area contributed by atoms with Crippen LogP contribution in [0.3, 0.4) is 0 Å². The fraction of sp³-hybridized carbons (Fsp3) is 0.238. The number of thioether (sulfide) groups is 1.